The van der Waals surface area contributed by atoms with E-state index in [9.17, 15) is 10.2 Å². The summed E-state index contributed by atoms with van der Waals surface area (Å²) in [5.74, 6) is 0.287. The number of aliphatic hydroxyl groups excluding tert-OH is 1. The molecule has 2 N–H and O–H groups in total. The highest BCUT2D eigenvalue weighted by atomic mass is 32.1. The van der Waals surface area contributed by atoms with Gasteiger partial charge in [0.05, 0.1) is 6.61 Å². The summed E-state index contributed by atoms with van der Waals surface area (Å²) in [4.78, 5) is 2.26. The number of hydrogen-bond donors (Lipinski definition) is 2. The maximum Gasteiger partial charge on any atom is 0.115 e. The van der Waals surface area contributed by atoms with E-state index in [0.29, 0.717) is 0 Å². The Morgan fingerprint density at radius 1 is 1.20 bits per heavy atom. The highest BCUT2D eigenvalue weighted by molar-refractivity contribution is 7.07. The minimum Gasteiger partial charge on any atom is -0.508 e. The van der Waals surface area contributed by atoms with Crippen molar-refractivity contribution in [3.05, 3.63) is 52.2 Å². The van der Waals surface area contributed by atoms with Crippen LogP contribution in [0.5, 0.6) is 5.75 Å². The fraction of sp³-hybridized carbons (Fsp3) is 0.375. The van der Waals surface area contributed by atoms with Gasteiger partial charge in [-0.15, -0.1) is 0 Å². The van der Waals surface area contributed by atoms with Crippen LogP contribution >= 0.6 is 11.3 Å². The normalized spacial score (nSPS) is 12.8. The molecule has 0 amide bonds. The van der Waals surface area contributed by atoms with Crippen LogP contribution in [-0.2, 0) is 13.1 Å². The van der Waals surface area contributed by atoms with Crippen LogP contribution in [0.2, 0.25) is 0 Å². The van der Waals surface area contributed by atoms with Crippen molar-refractivity contribution in [2.24, 2.45) is 0 Å². The molecule has 0 spiro atoms. The van der Waals surface area contributed by atoms with Crippen molar-refractivity contribution in [1.29, 1.82) is 0 Å². The van der Waals surface area contributed by atoms with E-state index < -0.39 is 0 Å². The van der Waals surface area contributed by atoms with E-state index in [4.69, 9.17) is 0 Å². The lowest BCUT2D eigenvalue weighted by molar-refractivity contribution is 0.107. The molecule has 1 aromatic carbocycles. The molecule has 0 radical (unpaired) electrons. The van der Waals surface area contributed by atoms with Crippen molar-refractivity contribution in [1.82, 2.24) is 4.90 Å². The zero-order valence-corrected chi connectivity index (χ0v) is 12.5. The Balaban J connectivity index is 2.13. The Morgan fingerprint density at radius 2 is 2.00 bits per heavy atom. The summed E-state index contributed by atoms with van der Waals surface area (Å²) in [7, 11) is 0. The van der Waals surface area contributed by atoms with Crippen molar-refractivity contribution in [3.8, 4) is 5.75 Å². The molecule has 1 aromatic heterocycles. The molecule has 3 nitrogen and oxygen atoms in total. The minimum absolute atomic E-state index is 0.136. The summed E-state index contributed by atoms with van der Waals surface area (Å²) in [5.41, 5.74) is 2.33. The first-order chi connectivity index (χ1) is 9.72. The molecule has 0 saturated heterocycles. The zero-order valence-electron chi connectivity index (χ0n) is 11.7. The highest BCUT2D eigenvalue weighted by Crippen LogP contribution is 2.19. The summed E-state index contributed by atoms with van der Waals surface area (Å²) in [6.07, 6.45) is 0.902. The lowest BCUT2D eigenvalue weighted by Gasteiger charge is -2.29. The molecule has 0 aliphatic rings. The SMILES string of the molecule is CC[C@@H](CO)N(Cc1ccsc1)Cc1cccc(O)c1. The minimum atomic E-state index is 0.136. The maximum atomic E-state index is 9.57. The second kappa shape index (κ2) is 7.43. The van der Waals surface area contributed by atoms with Crippen molar-refractivity contribution >= 4 is 11.3 Å². The van der Waals surface area contributed by atoms with Crippen LogP contribution in [0.15, 0.2) is 41.1 Å². The maximum absolute atomic E-state index is 9.57. The number of phenols is 1. The quantitative estimate of drug-likeness (QED) is 0.823. The standard InChI is InChI=1S/C16H21NO2S/c1-2-15(11-18)17(10-14-6-7-20-12-14)9-13-4-3-5-16(19)8-13/h3-8,12,15,18-19H,2,9-11H2,1H3/t15-/m0/s1. The van der Waals surface area contributed by atoms with Crippen molar-refractivity contribution in [2.45, 2.75) is 32.5 Å². The molecule has 2 rings (SSSR count). The molecule has 2 aromatic rings. The average Bonchev–Trinajstić information content (AvgIpc) is 2.93. The van der Waals surface area contributed by atoms with Gasteiger partial charge in [0.15, 0.2) is 0 Å². The van der Waals surface area contributed by atoms with Gasteiger partial charge in [0.2, 0.25) is 0 Å². The summed E-state index contributed by atoms with van der Waals surface area (Å²) >= 11 is 1.69. The Kier molecular flexibility index (Phi) is 5.59. The molecule has 0 aliphatic heterocycles. The number of aliphatic hydroxyl groups is 1. The first-order valence-corrected chi connectivity index (χ1v) is 7.81. The van der Waals surface area contributed by atoms with Crippen LogP contribution in [0.25, 0.3) is 0 Å². The van der Waals surface area contributed by atoms with Crippen LogP contribution in [0.4, 0.5) is 0 Å². The number of benzene rings is 1. The smallest absolute Gasteiger partial charge is 0.115 e. The van der Waals surface area contributed by atoms with Gasteiger partial charge in [-0.25, -0.2) is 0 Å². The highest BCUT2D eigenvalue weighted by Gasteiger charge is 2.17. The van der Waals surface area contributed by atoms with Gasteiger partial charge in [-0.2, -0.15) is 11.3 Å². The van der Waals surface area contributed by atoms with Gasteiger partial charge in [-0.3, -0.25) is 4.90 Å². The van der Waals surface area contributed by atoms with Crippen molar-refractivity contribution in [2.75, 3.05) is 6.61 Å². The Bertz CT molecular complexity index is 509. The van der Waals surface area contributed by atoms with E-state index in [1.165, 1.54) is 5.56 Å². The third-order valence-electron chi connectivity index (χ3n) is 3.46. The molecule has 0 unspecified atom stereocenters. The zero-order chi connectivity index (χ0) is 14.4. The number of phenolic OH excluding ortho intramolecular Hbond substituents is 1. The molecule has 0 aliphatic carbocycles. The number of aromatic hydroxyl groups is 1. The third kappa shape index (κ3) is 4.07. The topological polar surface area (TPSA) is 43.7 Å². The Labute approximate surface area is 124 Å². The summed E-state index contributed by atoms with van der Waals surface area (Å²) < 4.78 is 0. The van der Waals surface area contributed by atoms with E-state index in [2.05, 4.69) is 28.7 Å². The molecule has 1 heterocycles. The van der Waals surface area contributed by atoms with Gasteiger partial charge >= 0.3 is 0 Å². The van der Waals surface area contributed by atoms with E-state index in [0.717, 1.165) is 25.1 Å². The van der Waals surface area contributed by atoms with Gasteiger partial charge in [0.25, 0.3) is 0 Å². The summed E-state index contributed by atoms with van der Waals surface area (Å²) in [5, 5.41) is 23.3. The lowest BCUT2D eigenvalue weighted by Crippen LogP contribution is -2.36. The van der Waals surface area contributed by atoms with Crippen molar-refractivity contribution in [3.63, 3.8) is 0 Å². The number of nitrogens with zero attached hydrogens (tertiary/aromatic N) is 1. The Hall–Kier alpha value is -1.36. The molecule has 20 heavy (non-hydrogen) atoms. The largest absolute Gasteiger partial charge is 0.508 e. The second-order valence-electron chi connectivity index (χ2n) is 4.95. The molecule has 0 bridgehead atoms. The predicted octanol–water partition coefficient (Wildman–Crippen LogP) is 3.23. The predicted molar refractivity (Wildman–Crippen MR) is 82.8 cm³/mol. The van der Waals surface area contributed by atoms with Crippen LogP contribution in [0.3, 0.4) is 0 Å². The fourth-order valence-corrected chi connectivity index (χ4v) is 2.98. The monoisotopic (exact) mass is 291 g/mol. The van der Waals surface area contributed by atoms with Gasteiger partial charge in [0.1, 0.15) is 5.75 Å². The number of hydrogen-bond acceptors (Lipinski definition) is 4. The number of rotatable bonds is 7. The summed E-state index contributed by atoms with van der Waals surface area (Å²) in [6.45, 7) is 3.78. The lowest BCUT2D eigenvalue weighted by atomic mass is 10.1. The first kappa shape index (κ1) is 15.0. The van der Waals surface area contributed by atoms with Crippen LogP contribution < -0.4 is 0 Å². The second-order valence-corrected chi connectivity index (χ2v) is 5.73. The van der Waals surface area contributed by atoms with Crippen LogP contribution in [0.1, 0.15) is 24.5 Å². The molecular formula is C16H21NO2S. The van der Waals surface area contributed by atoms with Gasteiger partial charge in [0, 0.05) is 19.1 Å². The molecule has 4 heteroatoms. The van der Waals surface area contributed by atoms with Crippen LogP contribution in [-0.4, -0.2) is 27.8 Å². The molecule has 0 fully saturated rings. The third-order valence-corrected chi connectivity index (χ3v) is 4.19. The van der Waals surface area contributed by atoms with Gasteiger partial charge in [-0.05, 0) is 46.5 Å². The molecule has 1 atom stereocenters. The van der Waals surface area contributed by atoms with Crippen LogP contribution in [0, 0.1) is 0 Å². The molecule has 0 saturated carbocycles. The van der Waals surface area contributed by atoms with E-state index in [1.807, 2.05) is 12.1 Å². The van der Waals surface area contributed by atoms with E-state index in [1.54, 1.807) is 23.5 Å². The average molecular weight is 291 g/mol. The Morgan fingerprint density at radius 3 is 2.60 bits per heavy atom. The van der Waals surface area contributed by atoms with E-state index >= 15 is 0 Å². The summed E-state index contributed by atoms with van der Waals surface area (Å²) in [6, 6.07) is 9.57. The number of thiophene rings is 1. The molecule has 108 valence electrons. The van der Waals surface area contributed by atoms with Gasteiger partial charge in [-0.1, -0.05) is 19.1 Å². The first-order valence-electron chi connectivity index (χ1n) is 6.86. The van der Waals surface area contributed by atoms with Gasteiger partial charge < -0.3 is 10.2 Å². The molecular weight excluding hydrogens is 270 g/mol. The fourth-order valence-electron chi connectivity index (χ4n) is 2.32. The van der Waals surface area contributed by atoms with E-state index in [-0.39, 0.29) is 18.4 Å². The van der Waals surface area contributed by atoms with Crippen molar-refractivity contribution < 1.29 is 10.2 Å².